The molecule has 1 aromatic rings. The highest BCUT2D eigenvalue weighted by Crippen LogP contribution is 2.36. The molecule has 0 bridgehead atoms. The second-order valence-electron chi connectivity index (χ2n) is 4.97. The van der Waals surface area contributed by atoms with Crippen LogP contribution in [0.2, 0.25) is 5.15 Å². The van der Waals surface area contributed by atoms with Crippen LogP contribution in [0.1, 0.15) is 43.1 Å². The Hall–Kier alpha value is 0.0200. The normalized spacial score (nSPS) is 15.9. The van der Waals surface area contributed by atoms with E-state index in [2.05, 4.69) is 27.6 Å². The third-order valence-electron chi connectivity index (χ3n) is 3.53. The molecule has 1 aliphatic carbocycles. The van der Waals surface area contributed by atoms with Gasteiger partial charge in [0.05, 0.1) is 29.1 Å². The molecule has 1 fully saturated rings. The first kappa shape index (κ1) is 16.4. The van der Waals surface area contributed by atoms with Crippen LogP contribution < -0.4 is 0 Å². The van der Waals surface area contributed by atoms with Crippen molar-refractivity contribution in [2.75, 3.05) is 26.9 Å². The van der Waals surface area contributed by atoms with Crippen molar-refractivity contribution in [3.8, 4) is 0 Å². The highest BCUT2D eigenvalue weighted by atomic mass is 127. The van der Waals surface area contributed by atoms with Crippen LogP contribution in [0.5, 0.6) is 0 Å². The van der Waals surface area contributed by atoms with Gasteiger partial charge >= 0.3 is 0 Å². The second-order valence-corrected chi connectivity index (χ2v) is 6.40. The van der Waals surface area contributed by atoms with Gasteiger partial charge in [-0.1, -0.05) is 24.4 Å². The fourth-order valence-corrected chi connectivity index (χ4v) is 3.35. The average Bonchev–Trinajstić information content (AvgIpc) is 2.96. The van der Waals surface area contributed by atoms with E-state index >= 15 is 0 Å². The van der Waals surface area contributed by atoms with Crippen LogP contribution >= 0.6 is 34.2 Å². The van der Waals surface area contributed by atoms with Crippen molar-refractivity contribution in [2.45, 2.75) is 38.0 Å². The van der Waals surface area contributed by atoms with E-state index in [4.69, 9.17) is 26.1 Å². The summed E-state index contributed by atoms with van der Waals surface area (Å²) in [4.78, 5) is 9.08. The highest BCUT2D eigenvalue weighted by Gasteiger charge is 2.23. The zero-order chi connectivity index (χ0) is 14.4. The largest absolute Gasteiger partial charge is 0.382 e. The van der Waals surface area contributed by atoms with Gasteiger partial charge in [-0.15, -0.1) is 0 Å². The summed E-state index contributed by atoms with van der Waals surface area (Å²) in [6.45, 7) is 1.82. The highest BCUT2D eigenvalue weighted by molar-refractivity contribution is 14.1. The first-order valence-electron chi connectivity index (χ1n) is 7.01. The van der Waals surface area contributed by atoms with E-state index in [0.29, 0.717) is 37.3 Å². The predicted molar refractivity (Wildman–Crippen MR) is 87.4 cm³/mol. The van der Waals surface area contributed by atoms with Gasteiger partial charge in [0.1, 0.15) is 11.0 Å². The van der Waals surface area contributed by atoms with E-state index in [9.17, 15) is 0 Å². The van der Waals surface area contributed by atoms with Crippen LogP contribution in [-0.4, -0.2) is 36.9 Å². The van der Waals surface area contributed by atoms with Crippen molar-refractivity contribution in [3.05, 3.63) is 20.2 Å². The van der Waals surface area contributed by atoms with Gasteiger partial charge in [0.25, 0.3) is 0 Å². The Balaban J connectivity index is 1.98. The van der Waals surface area contributed by atoms with Crippen LogP contribution in [0.4, 0.5) is 0 Å². The third kappa shape index (κ3) is 4.51. The summed E-state index contributed by atoms with van der Waals surface area (Å²) < 4.78 is 11.4. The van der Waals surface area contributed by atoms with Crippen molar-refractivity contribution in [1.29, 1.82) is 0 Å². The van der Waals surface area contributed by atoms with Gasteiger partial charge in [-0.05, 0) is 35.4 Å². The van der Waals surface area contributed by atoms with Crippen LogP contribution in [-0.2, 0) is 15.9 Å². The molecule has 0 saturated heterocycles. The average molecular weight is 411 g/mol. The molecule has 0 spiro atoms. The molecule has 0 atom stereocenters. The molecule has 112 valence electrons. The zero-order valence-electron chi connectivity index (χ0n) is 11.7. The number of halogens is 2. The number of ether oxygens (including phenoxy) is 2. The number of hydrogen-bond acceptors (Lipinski definition) is 4. The molecule has 0 aromatic carbocycles. The third-order valence-corrected chi connectivity index (χ3v) is 5.18. The van der Waals surface area contributed by atoms with E-state index in [0.717, 1.165) is 15.1 Å². The maximum absolute atomic E-state index is 6.24. The lowest BCUT2D eigenvalue weighted by Gasteiger charge is -2.13. The summed E-state index contributed by atoms with van der Waals surface area (Å²) >= 11 is 8.50. The zero-order valence-corrected chi connectivity index (χ0v) is 14.6. The molecule has 20 heavy (non-hydrogen) atoms. The van der Waals surface area contributed by atoms with Crippen molar-refractivity contribution in [1.82, 2.24) is 9.97 Å². The second kappa shape index (κ2) is 8.46. The quantitative estimate of drug-likeness (QED) is 0.391. The molecule has 0 amide bonds. The van der Waals surface area contributed by atoms with Gasteiger partial charge < -0.3 is 9.47 Å². The first-order valence-corrected chi connectivity index (χ1v) is 8.46. The summed E-state index contributed by atoms with van der Waals surface area (Å²) in [5, 5.41) is 0.578. The SMILES string of the molecule is COCCOCCc1nc(Cl)c(I)c(C2CCCC2)n1. The molecule has 0 radical (unpaired) electrons. The molecule has 2 rings (SSSR count). The minimum atomic E-state index is 0.551. The Kier molecular flexibility index (Phi) is 6.93. The van der Waals surface area contributed by atoms with Crippen molar-refractivity contribution < 1.29 is 9.47 Å². The molecule has 0 unspecified atom stereocenters. The van der Waals surface area contributed by atoms with Gasteiger partial charge in [-0.3, -0.25) is 0 Å². The van der Waals surface area contributed by atoms with Crippen LogP contribution in [0, 0.1) is 3.57 Å². The molecule has 6 heteroatoms. The monoisotopic (exact) mass is 410 g/mol. The van der Waals surface area contributed by atoms with Gasteiger partial charge in [0.2, 0.25) is 0 Å². The number of aromatic nitrogens is 2. The molecular formula is C14H20ClIN2O2. The smallest absolute Gasteiger partial charge is 0.146 e. The Bertz CT molecular complexity index is 439. The van der Waals surface area contributed by atoms with E-state index in [1.54, 1.807) is 7.11 Å². The van der Waals surface area contributed by atoms with Crippen molar-refractivity contribution >= 4 is 34.2 Å². The Morgan fingerprint density at radius 3 is 2.65 bits per heavy atom. The topological polar surface area (TPSA) is 44.2 Å². The van der Waals surface area contributed by atoms with E-state index in [1.807, 2.05) is 0 Å². The number of methoxy groups -OCH3 is 1. The summed E-state index contributed by atoms with van der Waals surface area (Å²) in [6.07, 6.45) is 5.70. The molecule has 1 saturated carbocycles. The van der Waals surface area contributed by atoms with Crippen molar-refractivity contribution in [3.63, 3.8) is 0 Å². The van der Waals surface area contributed by atoms with Crippen LogP contribution in [0.25, 0.3) is 0 Å². The maximum Gasteiger partial charge on any atom is 0.146 e. The summed E-state index contributed by atoms with van der Waals surface area (Å²) in [5.41, 5.74) is 1.13. The minimum Gasteiger partial charge on any atom is -0.382 e. The lowest BCUT2D eigenvalue weighted by Crippen LogP contribution is -2.10. The molecular weight excluding hydrogens is 391 g/mol. The van der Waals surface area contributed by atoms with Crippen LogP contribution in [0.15, 0.2) is 0 Å². The van der Waals surface area contributed by atoms with Gasteiger partial charge in [-0.2, -0.15) is 0 Å². The van der Waals surface area contributed by atoms with E-state index in [-0.39, 0.29) is 0 Å². The molecule has 1 aromatic heterocycles. The van der Waals surface area contributed by atoms with Crippen molar-refractivity contribution in [2.24, 2.45) is 0 Å². The minimum absolute atomic E-state index is 0.551. The summed E-state index contributed by atoms with van der Waals surface area (Å²) in [5.74, 6) is 1.34. The molecule has 4 nitrogen and oxygen atoms in total. The predicted octanol–water partition coefficient (Wildman–Crippen LogP) is 3.60. The van der Waals surface area contributed by atoms with Gasteiger partial charge in [0.15, 0.2) is 0 Å². The number of hydrogen-bond donors (Lipinski definition) is 0. The molecule has 0 aliphatic heterocycles. The maximum atomic E-state index is 6.24. The summed E-state index contributed by atoms with van der Waals surface area (Å²) in [7, 11) is 1.67. The number of nitrogens with zero attached hydrogens (tertiary/aromatic N) is 2. The molecule has 0 N–H and O–H groups in total. The Morgan fingerprint density at radius 1 is 1.20 bits per heavy atom. The van der Waals surface area contributed by atoms with Crippen LogP contribution in [0.3, 0.4) is 0 Å². The number of rotatable bonds is 7. The lowest BCUT2D eigenvalue weighted by molar-refractivity contribution is 0.0716. The first-order chi connectivity index (χ1) is 9.72. The molecule has 1 aliphatic rings. The summed E-state index contributed by atoms with van der Waals surface area (Å²) in [6, 6.07) is 0. The lowest BCUT2D eigenvalue weighted by atomic mass is 10.0. The van der Waals surface area contributed by atoms with Gasteiger partial charge in [0, 0.05) is 19.4 Å². The fraction of sp³-hybridized carbons (Fsp3) is 0.714. The Morgan fingerprint density at radius 2 is 1.95 bits per heavy atom. The fourth-order valence-electron chi connectivity index (χ4n) is 2.47. The van der Waals surface area contributed by atoms with Gasteiger partial charge in [-0.25, -0.2) is 9.97 Å². The standard InChI is InChI=1S/C14H20ClIN2O2/c1-19-8-9-20-7-6-11-17-13(10-4-2-3-5-10)12(16)14(15)18-11/h10H,2-9H2,1H3. The van der Waals surface area contributed by atoms with E-state index < -0.39 is 0 Å². The molecule has 1 heterocycles. The Labute approximate surface area is 138 Å². The van der Waals surface area contributed by atoms with E-state index in [1.165, 1.54) is 25.7 Å².